The van der Waals surface area contributed by atoms with Crippen molar-refractivity contribution in [2.24, 2.45) is 5.92 Å². The van der Waals surface area contributed by atoms with E-state index in [1.165, 1.54) is 15.6 Å². The van der Waals surface area contributed by atoms with Gasteiger partial charge in [-0.2, -0.15) is 19.5 Å². The fraction of sp³-hybridized carbons (Fsp3) is 0.300. The molecule has 5 rings (SSSR count). The van der Waals surface area contributed by atoms with Crippen LogP contribution in [0.2, 0.25) is 0 Å². The lowest BCUT2D eigenvalue weighted by Gasteiger charge is -2.25. The molecule has 0 saturated carbocycles. The van der Waals surface area contributed by atoms with Gasteiger partial charge in [-0.3, -0.25) is 0 Å². The Kier molecular flexibility index (Phi) is 4.57. The maximum Gasteiger partial charge on any atom is 0.259 e. The van der Waals surface area contributed by atoms with E-state index >= 15 is 0 Å². The molecule has 1 fully saturated rings. The van der Waals surface area contributed by atoms with Crippen LogP contribution in [0.4, 0.5) is 11.9 Å². The van der Waals surface area contributed by atoms with Gasteiger partial charge in [0.25, 0.3) is 5.78 Å². The van der Waals surface area contributed by atoms with Crippen molar-refractivity contribution >= 4 is 17.7 Å². The number of nitrogens with two attached hydrogens (primary N) is 1. The van der Waals surface area contributed by atoms with E-state index in [1.807, 2.05) is 0 Å². The molecule has 9 nitrogen and oxygen atoms in total. The molecule has 29 heavy (non-hydrogen) atoms. The third-order valence-electron chi connectivity index (χ3n) is 4.93. The molecule has 1 aliphatic heterocycles. The number of nitrogens with one attached hydrogen (secondary N) is 1. The van der Waals surface area contributed by atoms with Crippen LogP contribution in [0.15, 0.2) is 47.1 Å². The molecule has 1 aromatic carbocycles. The average Bonchev–Trinajstić information content (AvgIpc) is 3.35. The molecular weight excluding hydrogens is 370 g/mol. The van der Waals surface area contributed by atoms with E-state index in [1.54, 1.807) is 18.4 Å². The number of aromatic nitrogens is 5. The Labute approximate surface area is 166 Å². The normalized spacial score (nSPS) is 14.2. The topological polar surface area (TPSA) is 116 Å². The lowest BCUT2D eigenvalue weighted by atomic mass is 9.97. The van der Waals surface area contributed by atoms with E-state index in [4.69, 9.17) is 14.9 Å². The summed E-state index contributed by atoms with van der Waals surface area (Å²) in [5.41, 5.74) is 8.62. The first kappa shape index (κ1) is 17.6. The quantitative estimate of drug-likeness (QED) is 0.492. The number of fused-ring (bicyclic) bond motifs is 1. The van der Waals surface area contributed by atoms with Crippen LogP contribution >= 0.6 is 0 Å². The smallest absolute Gasteiger partial charge is 0.259 e. The number of hydrogen-bond acceptors (Lipinski definition) is 8. The Balaban J connectivity index is 1.22. The second-order valence-electron chi connectivity index (χ2n) is 7.13. The van der Waals surface area contributed by atoms with Crippen molar-refractivity contribution in [3.05, 3.63) is 53.8 Å². The van der Waals surface area contributed by atoms with Crippen molar-refractivity contribution in [3.63, 3.8) is 0 Å². The number of nitrogen functional groups attached to an aromatic ring is 1. The van der Waals surface area contributed by atoms with Gasteiger partial charge in [-0.05, 0) is 36.1 Å². The fourth-order valence-corrected chi connectivity index (χ4v) is 3.29. The first-order valence-electron chi connectivity index (χ1n) is 9.58. The van der Waals surface area contributed by atoms with Crippen molar-refractivity contribution < 1.29 is 9.15 Å². The molecule has 0 atom stereocenters. The number of furan rings is 1. The molecule has 0 unspecified atom stereocenters. The molecule has 148 valence electrons. The zero-order chi connectivity index (χ0) is 19.6. The van der Waals surface area contributed by atoms with Crippen LogP contribution in [0.3, 0.4) is 0 Å². The second-order valence-corrected chi connectivity index (χ2v) is 7.13. The SMILES string of the molecule is Nc1nc(NCCc2ccc(CC3COC3)cc2)nc2nc(-c3ccco3)nn12. The van der Waals surface area contributed by atoms with Gasteiger partial charge in [-0.15, -0.1) is 5.10 Å². The molecule has 3 N–H and O–H groups in total. The Morgan fingerprint density at radius 3 is 2.62 bits per heavy atom. The molecule has 0 aliphatic carbocycles. The zero-order valence-electron chi connectivity index (χ0n) is 15.8. The maximum absolute atomic E-state index is 6.01. The van der Waals surface area contributed by atoms with E-state index in [0.717, 1.165) is 26.1 Å². The molecule has 0 bridgehead atoms. The first-order chi connectivity index (χ1) is 14.2. The molecule has 1 saturated heterocycles. The lowest BCUT2D eigenvalue weighted by Crippen LogP contribution is -2.29. The van der Waals surface area contributed by atoms with Crippen molar-refractivity contribution in [2.45, 2.75) is 12.8 Å². The molecule has 9 heteroatoms. The highest BCUT2D eigenvalue weighted by atomic mass is 16.5. The predicted molar refractivity (Wildman–Crippen MR) is 107 cm³/mol. The summed E-state index contributed by atoms with van der Waals surface area (Å²) in [5.74, 6) is 2.66. The summed E-state index contributed by atoms with van der Waals surface area (Å²) < 4.78 is 12.0. The Hall–Kier alpha value is -3.46. The molecule has 4 aromatic rings. The predicted octanol–water partition coefficient (Wildman–Crippen LogP) is 2.21. The highest BCUT2D eigenvalue weighted by Gasteiger charge is 2.18. The second kappa shape index (κ2) is 7.51. The Morgan fingerprint density at radius 1 is 1.07 bits per heavy atom. The summed E-state index contributed by atoms with van der Waals surface area (Å²) in [6, 6.07) is 12.3. The molecule has 0 amide bonds. The molecule has 1 aliphatic rings. The minimum Gasteiger partial charge on any atom is -0.461 e. The number of hydrogen-bond donors (Lipinski definition) is 2. The van der Waals surface area contributed by atoms with Crippen LogP contribution < -0.4 is 11.1 Å². The summed E-state index contributed by atoms with van der Waals surface area (Å²) in [7, 11) is 0. The van der Waals surface area contributed by atoms with Crippen LogP contribution in [-0.2, 0) is 17.6 Å². The van der Waals surface area contributed by atoms with Crippen LogP contribution in [0.1, 0.15) is 11.1 Å². The molecule has 0 radical (unpaired) electrons. The van der Waals surface area contributed by atoms with E-state index in [-0.39, 0.29) is 5.95 Å². The number of ether oxygens (including phenoxy) is 1. The third kappa shape index (κ3) is 3.77. The summed E-state index contributed by atoms with van der Waals surface area (Å²) in [5, 5.41) is 7.50. The van der Waals surface area contributed by atoms with Gasteiger partial charge in [0.05, 0.1) is 19.5 Å². The lowest BCUT2D eigenvalue weighted by molar-refractivity contribution is -0.0312. The monoisotopic (exact) mass is 391 g/mol. The Morgan fingerprint density at radius 2 is 1.90 bits per heavy atom. The van der Waals surface area contributed by atoms with Crippen LogP contribution in [-0.4, -0.2) is 44.3 Å². The summed E-state index contributed by atoms with van der Waals surface area (Å²) >= 11 is 0. The largest absolute Gasteiger partial charge is 0.461 e. The van der Waals surface area contributed by atoms with Gasteiger partial charge in [-0.1, -0.05) is 24.3 Å². The van der Waals surface area contributed by atoms with Gasteiger partial charge in [0, 0.05) is 12.5 Å². The highest BCUT2D eigenvalue weighted by Crippen LogP contribution is 2.18. The summed E-state index contributed by atoms with van der Waals surface area (Å²) in [4.78, 5) is 13.0. The molecule has 0 spiro atoms. The number of benzene rings is 1. The van der Waals surface area contributed by atoms with Crippen LogP contribution in [0.25, 0.3) is 17.4 Å². The number of nitrogens with zero attached hydrogens (tertiary/aromatic N) is 5. The fourth-order valence-electron chi connectivity index (χ4n) is 3.29. The van der Waals surface area contributed by atoms with Crippen molar-refractivity contribution in [3.8, 4) is 11.6 Å². The Bertz CT molecular complexity index is 1100. The minimum absolute atomic E-state index is 0.215. The van der Waals surface area contributed by atoms with E-state index in [0.29, 0.717) is 35.8 Å². The molecule has 4 heterocycles. The van der Waals surface area contributed by atoms with E-state index < -0.39 is 0 Å². The number of anilines is 2. The van der Waals surface area contributed by atoms with E-state index in [2.05, 4.69) is 49.6 Å². The van der Waals surface area contributed by atoms with Gasteiger partial charge >= 0.3 is 0 Å². The molecular formula is C20H21N7O2. The highest BCUT2D eigenvalue weighted by molar-refractivity contribution is 5.52. The van der Waals surface area contributed by atoms with Gasteiger partial charge in [0.2, 0.25) is 17.7 Å². The van der Waals surface area contributed by atoms with Gasteiger partial charge in [-0.25, -0.2) is 0 Å². The third-order valence-corrected chi connectivity index (χ3v) is 4.93. The van der Waals surface area contributed by atoms with Crippen molar-refractivity contribution in [2.75, 3.05) is 30.8 Å². The summed E-state index contributed by atoms with van der Waals surface area (Å²) in [6.07, 6.45) is 3.51. The van der Waals surface area contributed by atoms with Gasteiger partial charge < -0.3 is 20.2 Å². The van der Waals surface area contributed by atoms with Crippen LogP contribution in [0, 0.1) is 5.92 Å². The molecule has 3 aromatic heterocycles. The maximum atomic E-state index is 6.01. The minimum atomic E-state index is 0.215. The first-order valence-corrected chi connectivity index (χ1v) is 9.58. The number of rotatable bonds is 7. The van der Waals surface area contributed by atoms with Crippen molar-refractivity contribution in [1.82, 2.24) is 24.6 Å². The standard InChI is InChI=1S/C20H21N7O2/c21-18-24-19(25-20-23-17(26-27(18)20)16-2-1-9-29-16)22-8-7-13-3-5-14(6-4-13)10-15-11-28-12-15/h1-6,9,15H,7-8,10-12H2,(H3,21,22,23,24,25,26). The zero-order valence-corrected chi connectivity index (χ0v) is 15.8. The summed E-state index contributed by atoms with van der Waals surface area (Å²) in [6.45, 7) is 2.45. The van der Waals surface area contributed by atoms with E-state index in [9.17, 15) is 0 Å². The van der Waals surface area contributed by atoms with Crippen LogP contribution in [0.5, 0.6) is 0 Å². The van der Waals surface area contributed by atoms with Gasteiger partial charge in [0.15, 0.2) is 5.76 Å². The van der Waals surface area contributed by atoms with Crippen molar-refractivity contribution in [1.29, 1.82) is 0 Å². The van der Waals surface area contributed by atoms with Gasteiger partial charge in [0.1, 0.15) is 0 Å². The average molecular weight is 391 g/mol.